The molecular formula is C13H19NO4. The Labute approximate surface area is 106 Å². The van der Waals surface area contributed by atoms with Gasteiger partial charge in [0.15, 0.2) is 11.5 Å². The maximum absolute atomic E-state index is 11.0. The van der Waals surface area contributed by atoms with Crippen molar-refractivity contribution in [2.24, 2.45) is 5.92 Å². The van der Waals surface area contributed by atoms with Crippen LogP contribution in [0.5, 0.6) is 11.5 Å². The summed E-state index contributed by atoms with van der Waals surface area (Å²) in [5, 5.41) is 21.8. The van der Waals surface area contributed by atoms with Gasteiger partial charge in [0.1, 0.15) is 6.04 Å². The van der Waals surface area contributed by atoms with Crippen LogP contribution in [0.25, 0.3) is 0 Å². The van der Waals surface area contributed by atoms with Crippen molar-refractivity contribution in [3.63, 3.8) is 0 Å². The monoisotopic (exact) mass is 253 g/mol. The van der Waals surface area contributed by atoms with Gasteiger partial charge in [0.2, 0.25) is 0 Å². The SMILES string of the molecule is COc1cccc(CNC(C(=O)O)C(C)C)c1O. The Morgan fingerprint density at radius 2 is 2.11 bits per heavy atom. The fraction of sp³-hybridized carbons (Fsp3) is 0.462. The minimum Gasteiger partial charge on any atom is -0.504 e. The third-order valence-corrected chi connectivity index (χ3v) is 2.75. The number of rotatable bonds is 6. The number of nitrogens with one attached hydrogen (secondary N) is 1. The van der Waals surface area contributed by atoms with E-state index >= 15 is 0 Å². The van der Waals surface area contributed by atoms with Crippen LogP contribution in [-0.2, 0) is 11.3 Å². The molecular weight excluding hydrogens is 234 g/mol. The minimum absolute atomic E-state index is 0.0322. The van der Waals surface area contributed by atoms with Crippen LogP contribution in [0.2, 0.25) is 0 Å². The summed E-state index contributed by atoms with van der Waals surface area (Å²) >= 11 is 0. The maximum Gasteiger partial charge on any atom is 0.320 e. The van der Waals surface area contributed by atoms with Crippen molar-refractivity contribution in [1.29, 1.82) is 0 Å². The summed E-state index contributed by atoms with van der Waals surface area (Å²) in [5.74, 6) is -0.506. The van der Waals surface area contributed by atoms with Crippen molar-refractivity contribution in [1.82, 2.24) is 5.32 Å². The van der Waals surface area contributed by atoms with E-state index in [1.165, 1.54) is 7.11 Å². The van der Waals surface area contributed by atoms with Crippen molar-refractivity contribution in [2.75, 3.05) is 7.11 Å². The van der Waals surface area contributed by atoms with E-state index in [-0.39, 0.29) is 18.2 Å². The average molecular weight is 253 g/mol. The number of carboxylic acids is 1. The van der Waals surface area contributed by atoms with Crippen LogP contribution in [-0.4, -0.2) is 29.3 Å². The molecule has 5 nitrogen and oxygen atoms in total. The predicted octanol–water partition coefficient (Wildman–Crippen LogP) is 1.60. The molecule has 100 valence electrons. The summed E-state index contributed by atoms with van der Waals surface area (Å²) in [4.78, 5) is 11.0. The third-order valence-electron chi connectivity index (χ3n) is 2.75. The largest absolute Gasteiger partial charge is 0.504 e. The van der Waals surface area contributed by atoms with E-state index < -0.39 is 12.0 Å². The number of hydrogen-bond acceptors (Lipinski definition) is 4. The lowest BCUT2D eigenvalue weighted by atomic mass is 10.0. The van der Waals surface area contributed by atoms with Gasteiger partial charge in [0.05, 0.1) is 7.11 Å². The molecule has 1 aromatic rings. The van der Waals surface area contributed by atoms with E-state index in [1.807, 2.05) is 13.8 Å². The van der Waals surface area contributed by atoms with Gasteiger partial charge in [-0.25, -0.2) is 0 Å². The van der Waals surface area contributed by atoms with Crippen molar-refractivity contribution >= 4 is 5.97 Å². The van der Waals surface area contributed by atoms with Crippen LogP contribution < -0.4 is 10.1 Å². The van der Waals surface area contributed by atoms with Crippen molar-refractivity contribution in [3.8, 4) is 11.5 Å². The van der Waals surface area contributed by atoms with Crippen LogP contribution in [0.15, 0.2) is 18.2 Å². The lowest BCUT2D eigenvalue weighted by molar-refractivity contribution is -0.140. The Balaban J connectivity index is 2.76. The van der Waals surface area contributed by atoms with E-state index in [0.29, 0.717) is 11.3 Å². The second-order valence-corrected chi connectivity index (χ2v) is 4.41. The Kier molecular flexibility index (Phi) is 4.97. The molecule has 0 heterocycles. The zero-order valence-corrected chi connectivity index (χ0v) is 10.8. The lowest BCUT2D eigenvalue weighted by Gasteiger charge is -2.18. The number of carbonyl (C=O) groups is 1. The molecule has 0 aromatic heterocycles. The molecule has 1 unspecified atom stereocenters. The number of aromatic hydroxyl groups is 1. The molecule has 0 amide bonds. The van der Waals surface area contributed by atoms with Gasteiger partial charge in [-0.3, -0.25) is 10.1 Å². The quantitative estimate of drug-likeness (QED) is 0.717. The Morgan fingerprint density at radius 1 is 1.44 bits per heavy atom. The first-order valence-corrected chi connectivity index (χ1v) is 5.78. The molecule has 0 saturated carbocycles. The van der Waals surface area contributed by atoms with Gasteiger partial charge in [-0.05, 0) is 12.0 Å². The third kappa shape index (κ3) is 3.37. The smallest absolute Gasteiger partial charge is 0.320 e. The molecule has 0 spiro atoms. The van der Waals surface area contributed by atoms with E-state index in [1.54, 1.807) is 18.2 Å². The average Bonchev–Trinajstić information content (AvgIpc) is 2.30. The highest BCUT2D eigenvalue weighted by Crippen LogP contribution is 2.29. The molecule has 0 aliphatic heterocycles. The number of hydrogen-bond donors (Lipinski definition) is 3. The molecule has 18 heavy (non-hydrogen) atoms. The van der Waals surface area contributed by atoms with Crippen molar-refractivity contribution in [2.45, 2.75) is 26.4 Å². The number of phenols is 1. The first-order chi connectivity index (χ1) is 8.47. The van der Waals surface area contributed by atoms with Crippen LogP contribution in [0.1, 0.15) is 19.4 Å². The van der Waals surface area contributed by atoms with Gasteiger partial charge >= 0.3 is 5.97 Å². The van der Waals surface area contributed by atoms with Crippen LogP contribution in [0.3, 0.4) is 0 Å². The number of benzene rings is 1. The number of ether oxygens (including phenoxy) is 1. The summed E-state index contributed by atoms with van der Waals surface area (Å²) in [7, 11) is 1.47. The zero-order chi connectivity index (χ0) is 13.7. The molecule has 0 saturated heterocycles. The predicted molar refractivity (Wildman–Crippen MR) is 67.8 cm³/mol. The summed E-state index contributed by atoms with van der Waals surface area (Å²) < 4.78 is 4.99. The first-order valence-electron chi connectivity index (χ1n) is 5.78. The number of methoxy groups -OCH3 is 1. The standard InChI is InChI=1S/C13H19NO4/c1-8(2)11(13(16)17)14-7-9-5-4-6-10(18-3)12(9)15/h4-6,8,11,14-15H,7H2,1-3H3,(H,16,17). The second-order valence-electron chi connectivity index (χ2n) is 4.41. The summed E-state index contributed by atoms with van der Waals surface area (Å²) in [5.41, 5.74) is 0.612. The van der Waals surface area contributed by atoms with Crippen molar-refractivity contribution in [3.05, 3.63) is 23.8 Å². The number of phenolic OH excluding ortho intramolecular Hbond substituents is 1. The van der Waals surface area contributed by atoms with Gasteiger partial charge in [0.25, 0.3) is 0 Å². The van der Waals surface area contributed by atoms with Gasteiger partial charge in [-0.15, -0.1) is 0 Å². The summed E-state index contributed by atoms with van der Waals surface area (Å²) in [6, 6.07) is 4.48. The van der Waals surface area contributed by atoms with E-state index in [2.05, 4.69) is 5.32 Å². The molecule has 1 aromatic carbocycles. The van der Waals surface area contributed by atoms with Gasteiger partial charge in [-0.1, -0.05) is 26.0 Å². The summed E-state index contributed by atoms with van der Waals surface area (Å²) in [6.07, 6.45) is 0. The molecule has 5 heteroatoms. The van der Waals surface area contributed by atoms with Crippen molar-refractivity contribution < 1.29 is 19.7 Å². The molecule has 0 bridgehead atoms. The molecule has 1 rings (SSSR count). The molecule has 0 fully saturated rings. The number of para-hydroxylation sites is 1. The minimum atomic E-state index is -0.896. The van der Waals surface area contributed by atoms with Gasteiger partial charge < -0.3 is 14.9 Å². The fourth-order valence-corrected chi connectivity index (χ4v) is 1.70. The normalized spacial score (nSPS) is 12.4. The van der Waals surface area contributed by atoms with E-state index in [0.717, 1.165) is 0 Å². The fourth-order valence-electron chi connectivity index (χ4n) is 1.70. The first kappa shape index (κ1) is 14.3. The van der Waals surface area contributed by atoms with E-state index in [4.69, 9.17) is 9.84 Å². The zero-order valence-electron chi connectivity index (χ0n) is 10.8. The Hall–Kier alpha value is -1.75. The highest BCUT2D eigenvalue weighted by Gasteiger charge is 2.21. The Morgan fingerprint density at radius 3 is 2.61 bits per heavy atom. The van der Waals surface area contributed by atoms with Crippen LogP contribution >= 0.6 is 0 Å². The number of aliphatic carboxylic acids is 1. The molecule has 0 aliphatic rings. The molecule has 0 radical (unpaired) electrons. The van der Waals surface area contributed by atoms with Crippen LogP contribution in [0, 0.1) is 5.92 Å². The second kappa shape index (κ2) is 6.26. The number of carboxylic acid groups (broad SMARTS) is 1. The summed E-state index contributed by atoms with van der Waals surface area (Å²) in [6.45, 7) is 3.94. The maximum atomic E-state index is 11.0. The van der Waals surface area contributed by atoms with E-state index in [9.17, 15) is 9.90 Å². The highest BCUT2D eigenvalue weighted by atomic mass is 16.5. The molecule has 0 aliphatic carbocycles. The molecule has 1 atom stereocenters. The Bertz CT molecular complexity index is 417. The van der Waals surface area contributed by atoms with Gasteiger partial charge in [-0.2, -0.15) is 0 Å². The lowest BCUT2D eigenvalue weighted by Crippen LogP contribution is -2.40. The van der Waals surface area contributed by atoms with Crippen LogP contribution in [0.4, 0.5) is 0 Å². The highest BCUT2D eigenvalue weighted by molar-refractivity contribution is 5.73. The van der Waals surface area contributed by atoms with Gasteiger partial charge in [0, 0.05) is 12.1 Å². The molecule has 3 N–H and O–H groups in total. The topological polar surface area (TPSA) is 78.8 Å².